The molecule has 6 heteroatoms. The van der Waals surface area contributed by atoms with Gasteiger partial charge in [0.05, 0.1) is 0 Å². The van der Waals surface area contributed by atoms with E-state index < -0.39 is 0 Å². The molecule has 0 unspecified atom stereocenters. The van der Waals surface area contributed by atoms with Crippen LogP contribution in [0.25, 0.3) is 11.4 Å². The first-order chi connectivity index (χ1) is 10.2. The largest absolute Gasteiger partial charge is 0.484 e. The van der Waals surface area contributed by atoms with Gasteiger partial charge in [0.25, 0.3) is 5.89 Å². The average molecular weight is 282 g/mol. The van der Waals surface area contributed by atoms with Gasteiger partial charge in [-0.15, -0.1) is 0 Å². The SMILES string of the molecule is Cc1cnccc1-c1noc(COc2ccc(N)cc2)n1. The number of rotatable bonds is 4. The van der Waals surface area contributed by atoms with Gasteiger partial charge in [0.15, 0.2) is 6.61 Å². The molecule has 0 atom stereocenters. The second-order valence-corrected chi connectivity index (χ2v) is 4.56. The summed E-state index contributed by atoms with van der Waals surface area (Å²) in [6.07, 6.45) is 3.46. The first kappa shape index (κ1) is 13.1. The molecule has 2 N–H and O–H groups in total. The van der Waals surface area contributed by atoms with Crippen molar-refractivity contribution >= 4 is 5.69 Å². The Morgan fingerprint density at radius 3 is 2.76 bits per heavy atom. The van der Waals surface area contributed by atoms with E-state index in [0.29, 0.717) is 23.2 Å². The Morgan fingerprint density at radius 2 is 2.00 bits per heavy atom. The Hall–Kier alpha value is -2.89. The highest BCUT2D eigenvalue weighted by Crippen LogP contribution is 2.20. The maximum absolute atomic E-state index is 5.61. The fraction of sp³-hybridized carbons (Fsp3) is 0.133. The number of pyridine rings is 1. The molecule has 0 saturated carbocycles. The summed E-state index contributed by atoms with van der Waals surface area (Å²) >= 11 is 0. The van der Waals surface area contributed by atoms with E-state index in [4.69, 9.17) is 15.0 Å². The fourth-order valence-electron chi connectivity index (χ4n) is 1.86. The molecule has 0 radical (unpaired) electrons. The summed E-state index contributed by atoms with van der Waals surface area (Å²) in [4.78, 5) is 8.36. The second-order valence-electron chi connectivity index (χ2n) is 4.56. The maximum atomic E-state index is 5.61. The molecule has 2 aromatic heterocycles. The van der Waals surface area contributed by atoms with Gasteiger partial charge in [-0.25, -0.2) is 0 Å². The van der Waals surface area contributed by atoms with Crippen molar-refractivity contribution in [1.82, 2.24) is 15.1 Å². The van der Waals surface area contributed by atoms with Gasteiger partial charge in [0, 0.05) is 23.6 Å². The lowest BCUT2D eigenvalue weighted by Crippen LogP contribution is -1.96. The van der Waals surface area contributed by atoms with Gasteiger partial charge >= 0.3 is 0 Å². The number of benzene rings is 1. The Bertz CT molecular complexity index is 737. The molecule has 0 fully saturated rings. The number of hydrogen-bond acceptors (Lipinski definition) is 6. The molecular formula is C15H14N4O2. The third-order valence-electron chi connectivity index (χ3n) is 2.97. The summed E-state index contributed by atoms with van der Waals surface area (Å²) in [7, 11) is 0. The summed E-state index contributed by atoms with van der Waals surface area (Å²) in [5.74, 6) is 1.65. The normalized spacial score (nSPS) is 10.5. The summed E-state index contributed by atoms with van der Waals surface area (Å²) in [5.41, 5.74) is 8.19. The van der Waals surface area contributed by atoms with Gasteiger partial charge in [-0.1, -0.05) is 5.16 Å². The van der Waals surface area contributed by atoms with E-state index in [2.05, 4.69) is 15.1 Å². The minimum atomic E-state index is 0.209. The molecule has 0 amide bonds. The molecule has 21 heavy (non-hydrogen) atoms. The van der Waals surface area contributed by atoms with Crippen molar-refractivity contribution in [1.29, 1.82) is 0 Å². The van der Waals surface area contributed by atoms with Crippen LogP contribution in [0.1, 0.15) is 11.5 Å². The van der Waals surface area contributed by atoms with E-state index in [9.17, 15) is 0 Å². The number of anilines is 1. The van der Waals surface area contributed by atoms with Gasteiger partial charge < -0.3 is 15.0 Å². The van der Waals surface area contributed by atoms with Crippen LogP contribution in [0.15, 0.2) is 47.2 Å². The van der Waals surface area contributed by atoms with Crippen LogP contribution in [0, 0.1) is 6.92 Å². The Balaban J connectivity index is 1.71. The lowest BCUT2D eigenvalue weighted by Gasteiger charge is -2.02. The number of aryl methyl sites for hydroxylation is 1. The molecule has 2 heterocycles. The zero-order chi connectivity index (χ0) is 14.7. The Morgan fingerprint density at radius 1 is 1.19 bits per heavy atom. The number of nitrogens with two attached hydrogens (primary N) is 1. The van der Waals surface area contributed by atoms with Crippen LogP contribution in [-0.2, 0) is 6.61 Å². The van der Waals surface area contributed by atoms with Crippen LogP contribution in [-0.4, -0.2) is 15.1 Å². The van der Waals surface area contributed by atoms with E-state index >= 15 is 0 Å². The van der Waals surface area contributed by atoms with E-state index in [0.717, 1.165) is 11.1 Å². The number of nitrogens with zero attached hydrogens (tertiary/aromatic N) is 3. The minimum absolute atomic E-state index is 0.209. The van der Waals surface area contributed by atoms with Crippen molar-refractivity contribution in [2.45, 2.75) is 13.5 Å². The van der Waals surface area contributed by atoms with Crippen molar-refractivity contribution in [2.24, 2.45) is 0 Å². The Kier molecular flexibility index (Phi) is 3.51. The van der Waals surface area contributed by atoms with E-state index in [1.165, 1.54) is 0 Å². The highest BCUT2D eigenvalue weighted by atomic mass is 16.5. The van der Waals surface area contributed by atoms with Crippen molar-refractivity contribution < 1.29 is 9.26 Å². The molecule has 0 spiro atoms. The number of aromatic nitrogens is 3. The number of hydrogen-bond donors (Lipinski definition) is 1. The smallest absolute Gasteiger partial charge is 0.264 e. The van der Waals surface area contributed by atoms with Crippen molar-refractivity contribution in [2.75, 3.05) is 5.73 Å². The van der Waals surface area contributed by atoms with Gasteiger partial charge in [0.1, 0.15) is 5.75 Å². The van der Waals surface area contributed by atoms with Gasteiger partial charge in [-0.2, -0.15) is 4.98 Å². The molecule has 1 aromatic carbocycles. The highest BCUT2D eigenvalue weighted by Gasteiger charge is 2.11. The van der Waals surface area contributed by atoms with E-state index in [1.54, 1.807) is 36.7 Å². The lowest BCUT2D eigenvalue weighted by atomic mass is 10.1. The van der Waals surface area contributed by atoms with Gasteiger partial charge in [-0.05, 0) is 42.8 Å². The van der Waals surface area contributed by atoms with E-state index in [1.807, 2.05) is 13.0 Å². The molecule has 106 valence electrons. The summed E-state index contributed by atoms with van der Waals surface area (Å²) < 4.78 is 10.8. The van der Waals surface area contributed by atoms with Crippen molar-refractivity contribution in [3.05, 3.63) is 54.2 Å². The predicted molar refractivity (Wildman–Crippen MR) is 77.5 cm³/mol. The molecule has 0 aliphatic rings. The quantitative estimate of drug-likeness (QED) is 0.740. The van der Waals surface area contributed by atoms with Crippen LogP contribution in [0.3, 0.4) is 0 Å². The summed E-state index contributed by atoms with van der Waals surface area (Å²) in [5, 5.41) is 3.96. The van der Waals surface area contributed by atoms with Crippen LogP contribution >= 0.6 is 0 Å². The molecule has 3 rings (SSSR count). The van der Waals surface area contributed by atoms with Gasteiger partial charge in [0.2, 0.25) is 5.82 Å². The minimum Gasteiger partial charge on any atom is -0.484 e. The first-order valence-electron chi connectivity index (χ1n) is 6.44. The van der Waals surface area contributed by atoms with E-state index in [-0.39, 0.29) is 6.61 Å². The first-order valence-corrected chi connectivity index (χ1v) is 6.44. The molecule has 3 aromatic rings. The third kappa shape index (κ3) is 3.00. The molecule has 0 aliphatic heterocycles. The predicted octanol–water partition coefficient (Wildman–Crippen LogP) is 2.60. The average Bonchev–Trinajstić information content (AvgIpc) is 2.96. The number of ether oxygens (including phenoxy) is 1. The summed E-state index contributed by atoms with van der Waals surface area (Å²) in [6.45, 7) is 2.16. The van der Waals surface area contributed by atoms with Crippen molar-refractivity contribution in [3.63, 3.8) is 0 Å². The maximum Gasteiger partial charge on any atom is 0.264 e. The summed E-state index contributed by atoms with van der Waals surface area (Å²) in [6, 6.07) is 8.98. The van der Waals surface area contributed by atoms with Crippen molar-refractivity contribution in [3.8, 4) is 17.1 Å². The van der Waals surface area contributed by atoms with Gasteiger partial charge in [-0.3, -0.25) is 4.98 Å². The number of nitrogen functional groups attached to an aromatic ring is 1. The monoisotopic (exact) mass is 282 g/mol. The van der Waals surface area contributed by atoms with Crippen LogP contribution < -0.4 is 10.5 Å². The second kappa shape index (κ2) is 5.62. The van der Waals surface area contributed by atoms with Crippen LogP contribution in [0.4, 0.5) is 5.69 Å². The lowest BCUT2D eigenvalue weighted by molar-refractivity contribution is 0.243. The topological polar surface area (TPSA) is 87.1 Å². The van der Waals surface area contributed by atoms with Crippen LogP contribution in [0.5, 0.6) is 5.75 Å². The molecule has 0 saturated heterocycles. The molecular weight excluding hydrogens is 268 g/mol. The zero-order valence-corrected chi connectivity index (χ0v) is 11.5. The highest BCUT2D eigenvalue weighted by molar-refractivity contribution is 5.57. The molecule has 6 nitrogen and oxygen atoms in total. The zero-order valence-electron chi connectivity index (χ0n) is 11.5. The van der Waals surface area contributed by atoms with Crippen LogP contribution in [0.2, 0.25) is 0 Å². The Labute approximate surface area is 121 Å². The standard InChI is InChI=1S/C15H14N4O2/c1-10-8-17-7-6-13(10)15-18-14(21-19-15)9-20-12-4-2-11(16)3-5-12/h2-8H,9,16H2,1H3. The molecule has 0 bridgehead atoms. The fourth-order valence-corrected chi connectivity index (χ4v) is 1.86. The molecule has 0 aliphatic carbocycles. The third-order valence-corrected chi connectivity index (χ3v) is 2.97.